The number of carbonyl (C=O) groups excluding carboxylic acids is 2. The summed E-state index contributed by atoms with van der Waals surface area (Å²) >= 11 is 3.32. The van der Waals surface area contributed by atoms with Gasteiger partial charge in [0.2, 0.25) is 6.10 Å². The van der Waals surface area contributed by atoms with Gasteiger partial charge >= 0.3 is 5.97 Å². The van der Waals surface area contributed by atoms with Gasteiger partial charge in [0.25, 0.3) is 5.91 Å². The second-order valence-electron chi connectivity index (χ2n) is 3.84. The molecule has 90 valence electrons. The van der Waals surface area contributed by atoms with Crippen LogP contribution in [0.3, 0.4) is 0 Å². The molecule has 1 aliphatic rings. The monoisotopic (exact) mass is 297 g/mol. The summed E-state index contributed by atoms with van der Waals surface area (Å²) in [6.07, 6.45) is 0.230. The summed E-state index contributed by atoms with van der Waals surface area (Å²) in [4.78, 5) is 23.1. The summed E-state index contributed by atoms with van der Waals surface area (Å²) in [5.41, 5.74) is 1.40. The van der Waals surface area contributed by atoms with Gasteiger partial charge in [0.15, 0.2) is 0 Å². The number of carbonyl (C=O) groups is 2. The molecule has 4 nitrogen and oxygen atoms in total. The van der Waals surface area contributed by atoms with Crippen molar-refractivity contribution in [1.29, 1.82) is 0 Å². The Bertz CT molecular complexity index is 473. The van der Waals surface area contributed by atoms with Gasteiger partial charge in [0.05, 0.1) is 0 Å². The van der Waals surface area contributed by atoms with Crippen LogP contribution in [0.1, 0.15) is 31.4 Å². The van der Waals surface area contributed by atoms with E-state index in [-0.39, 0.29) is 11.9 Å². The SMILES string of the molecule is CCCC(=O)O[C@@H]1C(=O)Nc2cc(Br)ccc21. The van der Waals surface area contributed by atoms with E-state index < -0.39 is 6.10 Å². The Labute approximate surface area is 107 Å². The molecule has 2 rings (SSSR count). The maximum Gasteiger partial charge on any atom is 0.306 e. The number of halogens is 1. The van der Waals surface area contributed by atoms with E-state index in [0.29, 0.717) is 24.1 Å². The Balaban J connectivity index is 2.20. The molecule has 1 amide bonds. The van der Waals surface area contributed by atoms with Crippen LogP contribution < -0.4 is 5.32 Å². The van der Waals surface area contributed by atoms with Crippen molar-refractivity contribution >= 4 is 33.5 Å². The van der Waals surface area contributed by atoms with Crippen molar-refractivity contribution in [2.45, 2.75) is 25.9 Å². The normalized spacial score (nSPS) is 17.5. The third kappa shape index (κ3) is 2.49. The standard InChI is InChI=1S/C12H12BrNO3/c1-2-3-10(15)17-11-8-5-4-7(13)6-9(8)14-12(11)16/h4-6,11H,2-3H2,1H3,(H,14,16)/t11-/m0/s1. The van der Waals surface area contributed by atoms with Gasteiger partial charge in [-0.1, -0.05) is 28.9 Å². The Morgan fingerprint density at radius 1 is 1.53 bits per heavy atom. The molecule has 17 heavy (non-hydrogen) atoms. The molecule has 1 atom stereocenters. The Kier molecular flexibility index (Phi) is 3.47. The van der Waals surface area contributed by atoms with Crippen molar-refractivity contribution in [3.05, 3.63) is 28.2 Å². The fourth-order valence-corrected chi connectivity index (χ4v) is 2.08. The Morgan fingerprint density at radius 2 is 2.29 bits per heavy atom. The maximum atomic E-state index is 11.7. The molecule has 0 saturated heterocycles. The number of benzene rings is 1. The molecule has 1 N–H and O–H groups in total. The zero-order valence-corrected chi connectivity index (χ0v) is 10.9. The number of nitrogens with one attached hydrogen (secondary N) is 1. The van der Waals surface area contributed by atoms with Gasteiger partial charge in [0, 0.05) is 22.1 Å². The van der Waals surface area contributed by atoms with E-state index in [2.05, 4.69) is 21.2 Å². The fraction of sp³-hybridized carbons (Fsp3) is 0.333. The van der Waals surface area contributed by atoms with Crippen LogP contribution in [-0.2, 0) is 14.3 Å². The number of fused-ring (bicyclic) bond motifs is 1. The number of amides is 1. The van der Waals surface area contributed by atoms with Crippen LogP contribution in [0.2, 0.25) is 0 Å². The number of hydrogen-bond donors (Lipinski definition) is 1. The number of anilines is 1. The summed E-state index contributed by atoms with van der Waals surface area (Å²) in [5.74, 6) is -0.633. The highest BCUT2D eigenvalue weighted by molar-refractivity contribution is 9.10. The van der Waals surface area contributed by atoms with Crippen LogP contribution in [-0.4, -0.2) is 11.9 Å². The largest absolute Gasteiger partial charge is 0.447 e. The van der Waals surface area contributed by atoms with Crippen molar-refractivity contribution in [1.82, 2.24) is 0 Å². The van der Waals surface area contributed by atoms with E-state index in [1.54, 1.807) is 12.1 Å². The zero-order chi connectivity index (χ0) is 12.4. The van der Waals surface area contributed by atoms with Gasteiger partial charge in [-0.15, -0.1) is 0 Å². The lowest BCUT2D eigenvalue weighted by molar-refractivity contribution is -0.154. The van der Waals surface area contributed by atoms with Gasteiger partial charge in [-0.2, -0.15) is 0 Å². The highest BCUT2D eigenvalue weighted by atomic mass is 79.9. The van der Waals surface area contributed by atoms with E-state index in [4.69, 9.17) is 4.74 Å². The summed E-state index contributed by atoms with van der Waals surface area (Å²) in [5, 5.41) is 2.69. The summed E-state index contributed by atoms with van der Waals surface area (Å²) < 4.78 is 6.04. The van der Waals surface area contributed by atoms with Crippen LogP contribution in [0, 0.1) is 0 Å². The predicted octanol–water partition coefficient (Wildman–Crippen LogP) is 2.79. The van der Waals surface area contributed by atoms with Crippen molar-refractivity contribution < 1.29 is 14.3 Å². The van der Waals surface area contributed by atoms with Crippen molar-refractivity contribution in [3.8, 4) is 0 Å². The minimum atomic E-state index is -0.808. The van der Waals surface area contributed by atoms with Gasteiger partial charge in [-0.05, 0) is 18.6 Å². The molecule has 1 aromatic rings. The molecule has 1 aliphatic heterocycles. The number of hydrogen-bond acceptors (Lipinski definition) is 3. The molecule has 0 radical (unpaired) electrons. The lowest BCUT2D eigenvalue weighted by Gasteiger charge is -2.10. The number of ether oxygens (including phenoxy) is 1. The Hall–Kier alpha value is -1.36. The first-order chi connectivity index (χ1) is 8.11. The first-order valence-corrected chi connectivity index (χ1v) is 6.21. The molecule has 1 aromatic carbocycles. The first kappa shape index (κ1) is 12.1. The smallest absolute Gasteiger partial charge is 0.306 e. The Morgan fingerprint density at radius 3 is 3.00 bits per heavy atom. The predicted molar refractivity (Wildman–Crippen MR) is 66.5 cm³/mol. The molecule has 0 spiro atoms. The zero-order valence-electron chi connectivity index (χ0n) is 9.33. The third-order valence-corrected chi connectivity index (χ3v) is 2.99. The van der Waals surface area contributed by atoms with Gasteiger partial charge in [-0.25, -0.2) is 0 Å². The van der Waals surface area contributed by atoms with Crippen LogP contribution in [0.4, 0.5) is 5.69 Å². The number of esters is 1. The molecule has 0 saturated carbocycles. The van der Waals surface area contributed by atoms with Gasteiger partial charge < -0.3 is 10.1 Å². The second-order valence-corrected chi connectivity index (χ2v) is 4.76. The second kappa shape index (κ2) is 4.87. The molecular weight excluding hydrogens is 286 g/mol. The average molecular weight is 298 g/mol. The van der Waals surface area contributed by atoms with E-state index >= 15 is 0 Å². The quantitative estimate of drug-likeness (QED) is 0.873. The van der Waals surface area contributed by atoms with Crippen LogP contribution >= 0.6 is 15.9 Å². The highest BCUT2D eigenvalue weighted by Crippen LogP contribution is 2.35. The van der Waals surface area contributed by atoms with Gasteiger partial charge in [0.1, 0.15) is 0 Å². The summed E-state index contributed by atoms with van der Waals surface area (Å²) in [6, 6.07) is 5.39. The van der Waals surface area contributed by atoms with E-state index in [1.165, 1.54) is 0 Å². The van der Waals surface area contributed by atoms with Crippen LogP contribution in [0.15, 0.2) is 22.7 Å². The molecule has 0 aromatic heterocycles. The van der Waals surface area contributed by atoms with Crippen molar-refractivity contribution in [2.75, 3.05) is 5.32 Å². The fourth-order valence-electron chi connectivity index (χ4n) is 1.72. The maximum absolute atomic E-state index is 11.7. The minimum Gasteiger partial charge on any atom is -0.447 e. The van der Waals surface area contributed by atoms with Crippen molar-refractivity contribution in [2.24, 2.45) is 0 Å². The minimum absolute atomic E-state index is 0.289. The van der Waals surface area contributed by atoms with Crippen LogP contribution in [0.5, 0.6) is 0 Å². The molecule has 0 aliphatic carbocycles. The lowest BCUT2D eigenvalue weighted by Crippen LogP contribution is -2.18. The summed E-state index contributed by atoms with van der Waals surface area (Å²) in [6.45, 7) is 1.89. The molecular formula is C12H12BrNO3. The molecule has 5 heteroatoms. The average Bonchev–Trinajstić information content (AvgIpc) is 2.55. The summed E-state index contributed by atoms with van der Waals surface area (Å²) in [7, 11) is 0. The number of rotatable bonds is 3. The first-order valence-electron chi connectivity index (χ1n) is 5.41. The topological polar surface area (TPSA) is 55.4 Å². The molecule has 1 heterocycles. The van der Waals surface area contributed by atoms with Crippen LogP contribution in [0.25, 0.3) is 0 Å². The molecule has 0 bridgehead atoms. The molecule has 0 unspecified atom stereocenters. The van der Waals surface area contributed by atoms with E-state index in [0.717, 1.165) is 4.47 Å². The van der Waals surface area contributed by atoms with Crippen molar-refractivity contribution in [3.63, 3.8) is 0 Å². The van der Waals surface area contributed by atoms with E-state index in [1.807, 2.05) is 13.0 Å². The highest BCUT2D eigenvalue weighted by Gasteiger charge is 2.33. The van der Waals surface area contributed by atoms with Gasteiger partial charge in [-0.3, -0.25) is 9.59 Å². The third-order valence-electron chi connectivity index (χ3n) is 2.50. The molecule has 0 fully saturated rings. The van der Waals surface area contributed by atoms with E-state index in [9.17, 15) is 9.59 Å². The lowest BCUT2D eigenvalue weighted by atomic mass is 10.1.